The van der Waals surface area contributed by atoms with Crippen molar-refractivity contribution in [3.8, 4) is 0 Å². The van der Waals surface area contributed by atoms with E-state index in [9.17, 15) is 9.18 Å². The molecule has 4 nitrogen and oxygen atoms in total. The van der Waals surface area contributed by atoms with E-state index in [2.05, 4.69) is 10.3 Å². The summed E-state index contributed by atoms with van der Waals surface area (Å²) in [5, 5.41) is 3.16. The Morgan fingerprint density at radius 2 is 1.96 bits per heavy atom. The molecule has 0 aliphatic heterocycles. The lowest BCUT2D eigenvalue weighted by Gasteiger charge is -2.28. The number of nitrogens with one attached hydrogen (secondary N) is 1. The lowest BCUT2D eigenvalue weighted by molar-refractivity contribution is 0.187. The van der Waals surface area contributed by atoms with Gasteiger partial charge in [0.15, 0.2) is 0 Å². The summed E-state index contributed by atoms with van der Waals surface area (Å²) >= 11 is 0. The van der Waals surface area contributed by atoms with Crippen LogP contribution in [0, 0.1) is 5.82 Å². The molecule has 2 aromatic rings. The van der Waals surface area contributed by atoms with Crippen molar-refractivity contribution in [1.82, 2.24) is 15.2 Å². The molecule has 0 bridgehead atoms. The van der Waals surface area contributed by atoms with Gasteiger partial charge in [0.1, 0.15) is 5.82 Å². The number of halogens is 1. The summed E-state index contributed by atoms with van der Waals surface area (Å²) in [5.74, 6) is -0.221. The van der Waals surface area contributed by atoms with Gasteiger partial charge >= 0.3 is 6.03 Å². The second kappa shape index (κ2) is 9.32. The first kappa shape index (κ1) is 18.4. The summed E-state index contributed by atoms with van der Waals surface area (Å²) in [6, 6.07) is 10.7. The van der Waals surface area contributed by atoms with Gasteiger partial charge in [-0.3, -0.25) is 4.98 Å². The van der Waals surface area contributed by atoms with E-state index in [1.165, 1.54) is 25.3 Å². The Hall–Kier alpha value is -2.43. The van der Waals surface area contributed by atoms with E-state index in [1.807, 2.05) is 18.2 Å². The molecular formula is C21H26FN3O. The molecule has 1 saturated carbocycles. The fraction of sp³-hybridized carbons (Fsp3) is 0.429. The average Bonchev–Trinajstić information content (AvgIpc) is 2.68. The number of hydrogen-bond acceptors (Lipinski definition) is 2. The maximum Gasteiger partial charge on any atom is 0.317 e. The number of nitrogens with zero attached hydrogens (tertiary/aromatic N) is 2. The number of carbonyl (C=O) groups is 1. The van der Waals surface area contributed by atoms with Gasteiger partial charge in [0.05, 0.1) is 0 Å². The zero-order chi connectivity index (χ0) is 18.2. The van der Waals surface area contributed by atoms with Gasteiger partial charge in [0.25, 0.3) is 0 Å². The second-order valence-corrected chi connectivity index (χ2v) is 6.91. The second-order valence-electron chi connectivity index (χ2n) is 6.91. The maximum atomic E-state index is 13.9. The third kappa shape index (κ3) is 5.28. The van der Waals surface area contributed by atoms with Crippen molar-refractivity contribution in [2.24, 2.45) is 0 Å². The number of pyridine rings is 1. The van der Waals surface area contributed by atoms with E-state index in [1.54, 1.807) is 29.4 Å². The number of carbonyl (C=O) groups excluding carboxylic acids is 1. The molecule has 0 radical (unpaired) electrons. The predicted octanol–water partition coefficient (Wildman–Crippen LogP) is 4.31. The molecule has 5 heteroatoms. The first-order valence-corrected chi connectivity index (χ1v) is 9.40. The van der Waals surface area contributed by atoms with Crippen molar-refractivity contribution in [1.29, 1.82) is 0 Å². The Labute approximate surface area is 154 Å². The summed E-state index contributed by atoms with van der Waals surface area (Å²) < 4.78 is 13.9. The Morgan fingerprint density at radius 1 is 1.15 bits per heavy atom. The number of hydrogen-bond donors (Lipinski definition) is 1. The minimum atomic E-state index is -0.221. The highest BCUT2D eigenvalue weighted by Gasteiger charge is 2.20. The Morgan fingerprint density at radius 3 is 2.69 bits per heavy atom. The smallest absolute Gasteiger partial charge is 0.317 e. The first-order chi connectivity index (χ1) is 12.7. The average molecular weight is 355 g/mol. The van der Waals surface area contributed by atoms with Crippen molar-refractivity contribution in [2.75, 3.05) is 6.54 Å². The van der Waals surface area contributed by atoms with Crippen LogP contribution in [-0.2, 0) is 13.0 Å². The fourth-order valence-electron chi connectivity index (χ4n) is 3.43. The third-order valence-corrected chi connectivity index (χ3v) is 4.93. The van der Waals surface area contributed by atoms with Crippen LogP contribution in [0.25, 0.3) is 0 Å². The first-order valence-electron chi connectivity index (χ1n) is 9.40. The number of benzene rings is 1. The van der Waals surface area contributed by atoms with Crippen LogP contribution in [0.15, 0.2) is 48.8 Å². The van der Waals surface area contributed by atoms with E-state index < -0.39 is 0 Å². The highest BCUT2D eigenvalue weighted by Crippen LogP contribution is 2.18. The monoisotopic (exact) mass is 355 g/mol. The molecule has 1 aromatic carbocycles. The van der Waals surface area contributed by atoms with E-state index in [0.717, 1.165) is 18.4 Å². The standard InChI is InChI=1S/C21H26FN3O/c22-20-11-5-4-8-18(20)12-14-25(16-17-7-6-13-23-15-17)21(26)24-19-9-2-1-3-10-19/h4-8,11,13,15,19H,1-3,9-10,12,14,16H2,(H,24,26). The van der Waals surface area contributed by atoms with Crippen molar-refractivity contribution in [3.05, 3.63) is 65.7 Å². The summed E-state index contributed by atoms with van der Waals surface area (Å²) in [6.45, 7) is 0.940. The molecular weight excluding hydrogens is 329 g/mol. The fourth-order valence-corrected chi connectivity index (χ4v) is 3.43. The van der Waals surface area contributed by atoms with Gasteiger partial charge in [-0.15, -0.1) is 0 Å². The normalized spacial score (nSPS) is 14.8. The van der Waals surface area contributed by atoms with Crippen LogP contribution in [0.2, 0.25) is 0 Å². The third-order valence-electron chi connectivity index (χ3n) is 4.93. The minimum Gasteiger partial charge on any atom is -0.335 e. The summed E-state index contributed by atoms with van der Waals surface area (Å²) in [4.78, 5) is 18.7. The Kier molecular flexibility index (Phi) is 6.58. The largest absolute Gasteiger partial charge is 0.335 e. The number of amides is 2. The molecule has 3 rings (SSSR count). The number of urea groups is 1. The van der Waals surface area contributed by atoms with Crippen molar-refractivity contribution in [2.45, 2.75) is 51.1 Å². The molecule has 1 aromatic heterocycles. The highest BCUT2D eigenvalue weighted by atomic mass is 19.1. The van der Waals surface area contributed by atoms with E-state index in [0.29, 0.717) is 25.1 Å². The Bertz CT molecular complexity index is 701. The molecule has 0 unspecified atom stereocenters. The minimum absolute atomic E-state index is 0.0721. The zero-order valence-corrected chi connectivity index (χ0v) is 15.0. The highest BCUT2D eigenvalue weighted by molar-refractivity contribution is 5.74. The number of aromatic nitrogens is 1. The van der Waals surface area contributed by atoms with Gasteiger partial charge in [-0.05, 0) is 42.5 Å². The van der Waals surface area contributed by atoms with Crippen LogP contribution in [0.1, 0.15) is 43.2 Å². The predicted molar refractivity (Wildman–Crippen MR) is 100 cm³/mol. The molecule has 1 aliphatic rings. The molecule has 0 saturated heterocycles. The van der Waals surface area contributed by atoms with E-state index in [4.69, 9.17) is 0 Å². The molecule has 1 aliphatic carbocycles. The molecule has 1 N–H and O–H groups in total. The van der Waals surface area contributed by atoms with Crippen LogP contribution in [-0.4, -0.2) is 28.5 Å². The molecule has 1 heterocycles. The quantitative estimate of drug-likeness (QED) is 0.839. The van der Waals surface area contributed by atoms with Crippen LogP contribution in [0.3, 0.4) is 0 Å². The van der Waals surface area contributed by atoms with Crippen LogP contribution >= 0.6 is 0 Å². The molecule has 26 heavy (non-hydrogen) atoms. The summed E-state index contributed by atoms with van der Waals surface area (Å²) in [5.41, 5.74) is 1.61. The Balaban J connectivity index is 1.66. The lowest BCUT2D eigenvalue weighted by atomic mass is 9.96. The molecule has 1 fully saturated rings. The maximum absolute atomic E-state index is 13.9. The van der Waals surface area contributed by atoms with Gasteiger partial charge in [0.2, 0.25) is 0 Å². The van der Waals surface area contributed by atoms with Gasteiger partial charge < -0.3 is 10.2 Å². The molecule has 0 spiro atoms. The van der Waals surface area contributed by atoms with E-state index in [-0.39, 0.29) is 17.9 Å². The summed E-state index contributed by atoms with van der Waals surface area (Å²) in [7, 11) is 0. The van der Waals surface area contributed by atoms with Crippen LogP contribution < -0.4 is 5.32 Å². The SMILES string of the molecule is O=C(NC1CCCCC1)N(CCc1ccccc1F)Cc1cccnc1. The van der Waals surface area contributed by atoms with Crippen LogP contribution in [0.4, 0.5) is 9.18 Å². The zero-order valence-electron chi connectivity index (χ0n) is 15.0. The van der Waals surface area contributed by atoms with Crippen LogP contribution in [0.5, 0.6) is 0 Å². The van der Waals surface area contributed by atoms with Gasteiger partial charge in [0, 0.05) is 31.5 Å². The molecule has 138 valence electrons. The van der Waals surface area contributed by atoms with Crippen molar-refractivity contribution >= 4 is 6.03 Å². The van der Waals surface area contributed by atoms with Gasteiger partial charge in [-0.1, -0.05) is 43.5 Å². The number of rotatable bonds is 6. The molecule has 2 amide bonds. The molecule has 0 atom stereocenters. The van der Waals surface area contributed by atoms with Crippen molar-refractivity contribution < 1.29 is 9.18 Å². The topological polar surface area (TPSA) is 45.2 Å². The van der Waals surface area contributed by atoms with E-state index >= 15 is 0 Å². The van der Waals surface area contributed by atoms with Gasteiger partial charge in [-0.25, -0.2) is 9.18 Å². The van der Waals surface area contributed by atoms with Crippen molar-refractivity contribution in [3.63, 3.8) is 0 Å². The van der Waals surface area contributed by atoms with Gasteiger partial charge in [-0.2, -0.15) is 0 Å². The summed E-state index contributed by atoms with van der Waals surface area (Å²) in [6.07, 6.45) is 9.65. The lowest BCUT2D eigenvalue weighted by Crippen LogP contribution is -2.45.